The Balaban J connectivity index is 1.82. The van der Waals surface area contributed by atoms with Gasteiger partial charge in [-0.15, -0.1) is 0 Å². The van der Waals surface area contributed by atoms with Crippen LogP contribution < -0.4 is 10.6 Å². The number of thiocarbonyl (C=S) groups is 1. The van der Waals surface area contributed by atoms with Gasteiger partial charge in [0.05, 0.1) is 12.3 Å². The molecule has 0 bridgehead atoms. The van der Waals surface area contributed by atoms with Crippen LogP contribution in [0.1, 0.15) is 12.8 Å². The zero-order chi connectivity index (χ0) is 13.0. The minimum absolute atomic E-state index is 0.184. The zero-order valence-corrected chi connectivity index (χ0v) is 11.8. The van der Waals surface area contributed by atoms with Gasteiger partial charge in [0, 0.05) is 13.2 Å². The Kier molecular flexibility index (Phi) is 4.94. The third kappa shape index (κ3) is 3.91. The maximum atomic E-state index is 5.87. The van der Waals surface area contributed by atoms with Gasteiger partial charge in [0.25, 0.3) is 0 Å². The predicted molar refractivity (Wildman–Crippen MR) is 75.2 cm³/mol. The Hall–Kier alpha value is -0.690. The van der Waals surface area contributed by atoms with Crippen LogP contribution in [0.25, 0.3) is 0 Å². The van der Waals surface area contributed by atoms with Gasteiger partial charge in [0.2, 0.25) is 0 Å². The highest BCUT2D eigenvalue weighted by molar-refractivity contribution is 7.80. The van der Waals surface area contributed by atoms with E-state index < -0.39 is 0 Å². The summed E-state index contributed by atoms with van der Waals surface area (Å²) in [4.78, 5) is 7.86. The zero-order valence-electron chi connectivity index (χ0n) is 9.45. The molecule has 0 unspecified atom stereocenters. The van der Waals surface area contributed by atoms with E-state index in [0.717, 1.165) is 19.4 Å². The first-order chi connectivity index (χ1) is 8.65. The molecular formula is C10H12Cl2N4OS. The molecular weight excluding hydrogens is 295 g/mol. The molecule has 2 heterocycles. The second kappa shape index (κ2) is 6.47. The van der Waals surface area contributed by atoms with Crippen LogP contribution in [0.4, 0.5) is 5.82 Å². The highest BCUT2D eigenvalue weighted by Gasteiger charge is 2.15. The summed E-state index contributed by atoms with van der Waals surface area (Å²) in [5.41, 5.74) is 0. The maximum absolute atomic E-state index is 5.87. The van der Waals surface area contributed by atoms with Crippen LogP contribution in [0.5, 0.6) is 0 Å². The van der Waals surface area contributed by atoms with Crippen molar-refractivity contribution < 1.29 is 4.74 Å². The molecule has 0 aromatic carbocycles. The fourth-order valence-electron chi connectivity index (χ4n) is 1.59. The lowest BCUT2D eigenvalue weighted by Crippen LogP contribution is -2.35. The highest BCUT2D eigenvalue weighted by atomic mass is 35.5. The molecule has 2 rings (SSSR count). The van der Waals surface area contributed by atoms with Gasteiger partial charge < -0.3 is 15.4 Å². The van der Waals surface area contributed by atoms with Crippen molar-refractivity contribution in [3.63, 3.8) is 0 Å². The van der Waals surface area contributed by atoms with E-state index in [-0.39, 0.29) is 16.4 Å². The second-order valence-electron chi connectivity index (χ2n) is 3.80. The summed E-state index contributed by atoms with van der Waals surface area (Å²) in [5.74, 6) is 0.380. The van der Waals surface area contributed by atoms with Gasteiger partial charge in [-0.25, -0.2) is 9.97 Å². The first-order valence-corrected chi connectivity index (χ1v) is 6.66. The van der Waals surface area contributed by atoms with E-state index in [1.165, 1.54) is 6.20 Å². The van der Waals surface area contributed by atoms with Gasteiger partial charge in [-0.2, -0.15) is 0 Å². The smallest absolute Gasteiger partial charge is 0.173 e. The molecule has 5 nitrogen and oxygen atoms in total. The number of nitrogens with zero attached hydrogens (tertiary/aromatic N) is 2. The molecule has 0 saturated carbocycles. The number of aromatic nitrogens is 2. The molecule has 0 radical (unpaired) electrons. The van der Waals surface area contributed by atoms with Crippen molar-refractivity contribution in [1.82, 2.24) is 15.3 Å². The van der Waals surface area contributed by atoms with E-state index in [1.54, 1.807) is 0 Å². The highest BCUT2D eigenvalue weighted by Crippen LogP contribution is 2.18. The van der Waals surface area contributed by atoms with Crippen molar-refractivity contribution in [1.29, 1.82) is 0 Å². The molecule has 0 amide bonds. The summed E-state index contributed by atoms with van der Waals surface area (Å²) in [6.07, 6.45) is 3.77. The lowest BCUT2D eigenvalue weighted by molar-refractivity contribution is 0.114. The van der Waals surface area contributed by atoms with Crippen LogP contribution in [0.15, 0.2) is 6.20 Å². The average molecular weight is 307 g/mol. The number of anilines is 1. The van der Waals surface area contributed by atoms with Gasteiger partial charge in [-0.3, -0.25) is 0 Å². The second-order valence-corrected chi connectivity index (χ2v) is 4.96. The predicted octanol–water partition coefficient (Wildman–Crippen LogP) is 2.25. The van der Waals surface area contributed by atoms with Crippen LogP contribution in [0, 0.1) is 0 Å². The molecule has 1 aliphatic heterocycles. The number of rotatable bonds is 3. The minimum Gasteiger partial charge on any atom is -0.376 e. The lowest BCUT2D eigenvalue weighted by atomic mass is 10.2. The van der Waals surface area contributed by atoms with Crippen molar-refractivity contribution in [2.45, 2.75) is 18.9 Å². The Bertz CT molecular complexity index is 440. The Morgan fingerprint density at radius 2 is 2.39 bits per heavy atom. The molecule has 1 saturated heterocycles. The average Bonchev–Trinajstić information content (AvgIpc) is 2.83. The van der Waals surface area contributed by atoms with Crippen LogP contribution in [-0.2, 0) is 4.74 Å². The van der Waals surface area contributed by atoms with Gasteiger partial charge in [-0.1, -0.05) is 23.2 Å². The molecule has 1 fully saturated rings. The molecule has 1 atom stereocenters. The standard InChI is InChI=1S/C10H12Cl2N4OS/c11-7-5-13-9(8(12)15-7)16-10(18)14-4-6-2-1-3-17-6/h5-6H,1-4H2,(H2,13,14,16,18)/t6-/m0/s1. The van der Waals surface area contributed by atoms with Crippen molar-refractivity contribution in [3.05, 3.63) is 16.5 Å². The molecule has 1 aromatic heterocycles. The monoisotopic (exact) mass is 306 g/mol. The van der Waals surface area contributed by atoms with E-state index in [9.17, 15) is 0 Å². The van der Waals surface area contributed by atoms with Crippen molar-refractivity contribution in [2.24, 2.45) is 0 Å². The first-order valence-electron chi connectivity index (χ1n) is 5.49. The van der Waals surface area contributed by atoms with Gasteiger partial charge in [-0.05, 0) is 25.1 Å². The Labute approximate surface area is 120 Å². The Morgan fingerprint density at radius 1 is 1.56 bits per heavy atom. The summed E-state index contributed by atoms with van der Waals surface area (Å²) >= 11 is 16.6. The quantitative estimate of drug-likeness (QED) is 0.835. The molecule has 8 heteroatoms. The number of hydrogen-bond acceptors (Lipinski definition) is 4. The topological polar surface area (TPSA) is 59.1 Å². The third-order valence-electron chi connectivity index (χ3n) is 2.45. The fraction of sp³-hybridized carbons (Fsp3) is 0.500. The van der Waals surface area contributed by atoms with Crippen molar-refractivity contribution >= 4 is 46.4 Å². The molecule has 1 aromatic rings. The van der Waals surface area contributed by atoms with Crippen molar-refractivity contribution in [3.8, 4) is 0 Å². The van der Waals surface area contributed by atoms with Crippen LogP contribution >= 0.6 is 35.4 Å². The van der Waals surface area contributed by atoms with Crippen molar-refractivity contribution in [2.75, 3.05) is 18.5 Å². The van der Waals surface area contributed by atoms with E-state index >= 15 is 0 Å². The molecule has 0 aliphatic carbocycles. The summed E-state index contributed by atoms with van der Waals surface area (Å²) < 4.78 is 5.47. The van der Waals surface area contributed by atoms with Crippen LogP contribution in [0.2, 0.25) is 10.3 Å². The summed E-state index contributed by atoms with van der Waals surface area (Å²) in [7, 11) is 0. The SMILES string of the molecule is S=C(NC[C@@H]1CCCO1)Nc1ncc(Cl)nc1Cl. The van der Waals surface area contributed by atoms with Gasteiger partial charge >= 0.3 is 0 Å². The number of ether oxygens (including phenoxy) is 1. The Morgan fingerprint density at radius 3 is 3.06 bits per heavy atom. The fourth-order valence-corrected chi connectivity index (χ4v) is 2.14. The summed E-state index contributed by atoms with van der Waals surface area (Å²) in [6.45, 7) is 1.49. The van der Waals surface area contributed by atoms with E-state index in [2.05, 4.69) is 20.6 Å². The molecule has 0 spiro atoms. The van der Waals surface area contributed by atoms with Gasteiger partial charge in [0.15, 0.2) is 16.1 Å². The van der Waals surface area contributed by atoms with Crippen LogP contribution in [-0.4, -0.2) is 34.3 Å². The third-order valence-corrected chi connectivity index (χ3v) is 3.14. The number of nitrogens with one attached hydrogen (secondary N) is 2. The number of halogens is 2. The van der Waals surface area contributed by atoms with Crippen LogP contribution in [0.3, 0.4) is 0 Å². The summed E-state index contributed by atoms with van der Waals surface area (Å²) in [6, 6.07) is 0. The van der Waals surface area contributed by atoms with E-state index in [4.69, 9.17) is 40.2 Å². The molecule has 1 aliphatic rings. The minimum atomic E-state index is 0.184. The van der Waals surface area contributed by atoms with Gasteiger partial charge in [0.1, 0.15) is 5.15 Å². The first kappa shape index (κ1) is 13.7. The largest absolute Gasteiger partial charge is 0.376 e. The summed E-state index contributed by atoms with van der Waals surface area (Å²) in [5, 5.41) is 6.77. The maximum Gasteiger partial charge on any atom is 0.173 e. The normalized spacial score (nSPS) is 18.7. The van der Waals surface area contributed by atoms with E-state index in [0.29, 0.717) is 17.5 Å². The molecule has 18 heavy (non-hydrogen) atoms. The molecule has 98 valence electrons. The van der Waals surface area contributed by atoms with E-state index in [1.807, 2.05) is 0 Å². The number of hydrogen-bond donors (Lipinski definition) is 2. The molecule has 2 N–H and O–H groups in total. The lowest BCUT2D eigenvalue weighted by Gasteiger charge is -2.13.